The number of piperazine rings is 1. The van der Waals surface area contributed by atoms with Crippen molar-refractivity contribution in [2.24, 2.45) is 0 Å². The molecular formula is C21H22FN3O3. The summed E-state index contributed by atoms with van der Waals surface area (Å²) in [5, 5.41) is 2.53. The predicted molar refractivity (Wildman–Crippen MR) is 103 cm³/mol. The molecule has 28 heavy (non-hydrogen) atoms. The molecule has 2 aromatic rings. The molecule has 7 heteroatoms. The zero-order valence-corrected chi connectivity index (χ0v) is 15.8. The third-order valence-corrected chi connectivity index (χ3v) is 4.68. The summed E-state index contributed by atoms with van der Waals surface area (Å²) in [5.41, 5.74) is 1.30. The molecule has 0 aromatic heterocycles. The second-order valence-electron chi connectivity index (χ2n) is 6.95. The Morgan fingerprint density at radius 3 is 2.36 bits per heavy atom. The van der Waals surface area contributed by atoms with E-state index in [1.165, 1.54) is 17.0 Å². The molecule has 1 saturated heterocycles. The minimum atomic E-state index is -0.513. The van der Waals surface area contributed by atoms with Crippen LogP contribution in [0.25, 0.3) is 0 Å². The van der Waals surface area contributed by atoms with E-state index in [1.54, 1.807) is 41.3 Å². The van der Waals surface area contributed by atoms with Gasteiger partial charge in [-0.1, -0.05) is 24.3 Å². The van der Waals surface area contributed by atoms with Gasteiger partial charge in [-0.05, 0) is 43.7 Å². The normalized spacial score (nSPS) is 14.6. The van der Waals surface area contributed by atoms with Crippen LogP contribution in [-0.2, 0) is 16.1 Å². The SMILES string of the molecule is CC(C)N1CCN(Cc2ccc(C(=O)Nc3ccccc3F)cc2)C(=O)C1=O. The van der Waals surface area contributed by atoms with Gasteiger partial charge < -0.3 is 15.1 Å². The standard InChI is InChI=1S/C21H22FN3O3/c1-14(2)25-12-11-24(20(27)21(25)28)13-15-7-9-16(10-8-15)19(26)23-18-6-4-3-5-17(18)22/h3-10,14H,11-13H2,1-2H3,(H,23,26). The van der Waals surface area contributed by atoms with Gasteiger partial charge in [-0.3, -0.25) is 14.4 Å². The van der Waals surface area contributed by atoms with Crippen LogP contribution >= 0.6 is 0 Å². The second kappa shape index (κ2) is 8.21. The lowest BCUT2D eigenvalue weighted by molar-refractivity contribution is -0.157. The van der Waals surface area contributed by atoms with Crippen molar-refractivity contribution in [1.29, 1.82) is 0 Å². The number of anilines is 1. The number of carbonyl (C=O) groups excluding carboxylic acids is 3. The molecule has 1 N–H and O–H groups in total. The topological polar surface area (TPSA) is 69.7 Å². The number of para-hydroxylation sites is 1. The summed E-state index contributed by atoms with van der Waals surface area (Å²) in [5.74, 6) is -1.92. The fraction of sp³-hybridized carbons (Fsp3) is 0.286. The summed E-state index contributed by atoms with van der Waals surface area (Å²) in [4.78, 5) is 39.8. The zero-order chi connectivity index (χ0) is 20.3. The highest BCUT2D eigenvalue weighted by atomic mass is 19.1. The first-order valence-corrected chi connectivity index (χ1v) is 9.11. The van der Waals surface area contributed by atoms with Crippen LogP contribution in [0.15, 0.2) is 48.5 Å². The Balaban J connectivity index is 1.63. The number of halogens is 1. The molecule has 3 amide bonds. The average molecular weight is 383 g/mol. The number of rotatable bonds is 5. The summed E-state index contributed by atoms with van der Waals surface area (Å²) in [6, 6.07) is 12.6. The van der Waals surface area contributed by atoms with Crippen LogP contribution in [0.2, 0.25) is 0 Å². The first kappa shape index (κ1) is 19.5. The summed E-state index contributed by atoms with van der Waals surface area (Å²) < 4.78 is 13.7. The van der Waals surface area contributed by atoms with E-state index in [0.717, 1.165) is 5.56 Å². The number of carbonyl (C=O) groups is 3. The maximum Gasteiger partial charge on any atom is 0.312 e. The van der Waals surface area contributed by atoms with Gasteiger partial charge in [0.15, 0.2) is 0 Å². The van der Waals surface area contributed by atoms with E-state index in [0.29, 0.717) is 25.2 Å². The molecule has 2 aromatic carbocycles. The third kappa shape index (κ3) is 4.19. The second-order valence-corrected chi connectivity index (χ2v) is 6.95. The van der Waals surface area contributed by atoms with Crippen LogP contribution in [0.1, 0.15) is 29.8 Å². The molecule has 0 atom stereocenters. The maximum absolute atomic E-state index is 13.7. The van der Waals surface area contributed by atoms with E-state index in [2.05, 4.69) is 5.32 Å². The van der Waals surface area contributed by atoms with Gasteiger partial charge in [0.05, 0.1) is 5.69 Å². The van der Waals surface area contributed by atoms with Crippen LogP contribution < -0.4 is 5.32 Å². The molecule has 6 nitrogen and oxygen atoms in total. The number of benzene rings is 2. The van der Waals surface area contributed by atoms with Crippen molar-refractivity contribution in [1.82, 2.24) is 9.80 Å². The fourth-order valence-electron chi connectivity index (χ4n) is 3.07. The lowest BCUT2D eigenvalue weighted by Gasteiger charge is -2.36. The molecule has 0 radical (unpaired) electrons. The van der Waals surface area contributed by atoms with Crippen LogP contribution in [0, 0.1) is 5.82 Å². The number of hydrogen-bond donors (Lipinski definition) is 1. The van der Waals surface area contributed by atoms with Gasteiger partial charge in [-0.2, -0.15) is 0 Å². The number of nitrogens with one attached hydrogen (secondary N) is 1. The highest BCUT2D eigenvalue weighted by Crippen LogP contribution is 2.16. The summed E-state index contributed by atoms with van der Waals surface area (Å²) in [6.07, 6.45) is 0. The van der Waals surface area contributed by atoms with E-state index in [-0.39, 0.29) is 11.7 Å². The molecule has 1 aliphatic heterocycles. The molecule has 1 fully saturated rings. The average Bonchev–Trinajstić information content (AvgIpc) is 2.67. The molecule has 0 saturated carbocycles. The highest BCUT2D eigenvalue weighted by Gasteiger charge is 2.33. The van der Waals surface area contributed by atoms with Gasteiger partial charge in [-0.25, -0.2) is 4.39 Å². The van der Waals surface area contributed by atoms with Crippen molar-refractivity contribution in [2.45, 2.75) is 26.4 Å². The van der Waals surface area contributed by atoms with Crippen LogP contribution in [0.4, 0.5) is 10.1 Å². The molecule has 0 bridgehead atoms. The molecule has 3 rings (SSSR count). The van der Waals surface area contributed by atoms with Gasteiger partial charge in [-0.15, -0.1) is 0 Å². The highest BCUT2D eigenvalue weighted by molar-refractivity contribution is 6.35. The van der Waals surface area contributed by atoms with Gasteiger partial charge in [0.25, 0.3) is 5.91 Å². The van der Waals surface area contributed by atoms with Crippen LogP contribution in [-0.4, -0.2) is 46.7 Å². The summed E-state index contributed by atoms with van der Waals surface area (Å²) in [6.45, 7) is 5.03. The lowest BCUT2D eigenvalue weighted by atomic mass is 10.1. The minimum absolute atomic E-state index is 0.00847. The van der Waals surface area contributed by atoms with Crippen LogP contribution in [0.5, 0.6) is 0 Å². The largest absolute Gasteiger partial charge is 0.330 e. The first-order valence-electron chi connectivity index (χ1n) is 9.11. The van der Waals surface area contributed by atoms with E-state index in [1.807, 2.05) is 13.8 Å². The Labute approximate surface area is 162 Å². The Morgan fingerprint density at radius 2 is 1.71 bits per heavy atom. The Bertz CT molecular complexity index is 896. The summed E-state index contributed by atoms with van der Waals surface area (Å²) >= 11 is 0. The molecule has 0 spiro atoms. The third-order valence-electron chi connectivity index (χ3n) is 4.68. The Hall–Kier alpha value is -3.22. The van der Waals surface area contributed by atoms with Crippen LogP contribution in [0.3, 0.4) is 0 Å². The Morgan fingerprint density at radius 1 is 1.04 bits per heavy atom. The molecule has 146 valence electrons. The maximum atomic E-state index is 13.7. The van der Waals surface area contributed by atoms with Gasteiger partial charge in [0.1, 0.15) is 5.82 Å². The monoisotopic (exact) mass is 383 g/mol. The Kier molecular flexibility index (Phi) is 5.73. The molecule has 0 unspecified atom stereocenters. The molecule has 1 aliphatic rings. The van der Waals surface area contributed by atoms with Crippen molar-refractivity contribution in [2.75, 3.05) is 18.4 Å². The predicted octanol–water partition coefficient (Wildman–Crippen LogP) is 2.66. The van der Waals surface area contributed by atoms with E-state index in [4.69, 9.17) is 0 Å². The van der Waals surface area contributed by atoms with E-state index < -0.39 is 23.5 Å². The molecule has 1 heterocycles. The molecule has 0 aliphatic carbocycles. The van der Waals surface area contributed by atoms with Crippen molar-refractivity contribution in [3.8, 4) is 0 Å². The summed E-state index contributed by atoms with van der Waals surface area (Å²) in [7, 11) is 0. The first-order chi connectivity index (χ1) is 13.4. The van der Waals surface area contributed by atoms with Gasteiger partial charge >= 0.3 is 11.8 Å². The van der Waals surface area contributed by atoms with Crippen molar-refractivity contribution < 1.29 is 18.8 Å². The number of hydrogen-bond acceptors (Lipinski definition) is 3. The van der Waals surface area contributed by atoms with E-state index >= 15 is 0 Å². The van der Waals surface area contributed by atoms with Crippen molar-refractivity contribution in [3.63, 3.8) is 0 Å². The number of amides is 3. The van der Waals surface area contributed by atoms with Crippen molar-refractivity contribution in [3.05, 3.63) is 65.5 Å². The lowest BCUT2D eigenvalue weighted by Crippen LogP contribution is -2.55. The van der Waals surface area contributed by atoms with Crippen molar-refractivity contribution >= 4 is 23.4 Å². The number of nitrogens with zero attached hydrogens (tertiary/aromatic N) is 2. The fourth-order valence-corrected chi connectivity index (χ4v) is 3.07. The van der Waals surface area contributed by atoms with Gasteiger partial charge in [0, 0.05) is 31.2 Å². The molecular weight excluding hydrogens is 361 g/mol. The van der Waals surface area contributed by atoms with Gasteiger partial charge in [0.2, 0.25) is 0 Å². The van der Waals surface area contributed by atoms with E-state index in [9.17, 15) is 18.8 Å². The minimum Gasteiger partial charge on any atom is -0.330 e. The quantitative estimate of drug-likeness (QED) is 0.807. The zero-order valence-electron chi connectivity index (χ0n) is 15.8. The smallest absolute Gasteiger partial charge is 0.312 e.